The molecule has 1 aromatic carbocycles. The van der Waals surface area contributed by atoms with Gasteiger partial charge < -0.3 is 10.4 Å². The summed E-state index contributed by atoms with van der Waals surface area (Å²) in [4.78, 5) is 23.3. The lowest BCUT2D eigenvalue weighted by atomic mass is 10.1. The standard InChI is InChI=1S/C13H13Br2NO3/c1-13(2)8(9(13)12(18)19)11(17)16-10-6(14)4-3-5-7(10)15/h3-5,8-9H,1-2H3,(H,16,17)(H,18,19)/t8-,9+/m1/s1. The van der Waals surface area contributed by atoms with Crippen LogP contribution in [0.3, 0.4) is 0 Å². The highest BCUT2D eigenvalue weighted by Crippen LogP contribution is 2.58. The third-order valence-electron chi connectivity index (χ3n) is 3.59. The van der Waals surface area contributed by atoms with Gasteiger partial charge in [0.2, 0.25) is 5.91 Å². The third-order valence-corrected chi connectivity index (χ3v) is 4.91. The summed E-state index contributed by atoms with van der Waals surface area (Å²) in [5.41, 5.74) is 0.128. The third kappa shape index (κ3) is 2.56. The van der Waals surface area contributed by atoms with Crippen LogP contribution in [-0.2, 0) is 9.59 Å². The van der Waals surface area contributed by atoms with E-state index in [1.807, 2.05) is 18.2 Å². The molecule has 1 saturated carbocycles. The van der Waals surface area contributed by atoms with Crippen LogP contribution in [0.2, 0.25) is 0 Å². The van der Waals surface area contributed by atoms with E-state index >= 15 is 0 Å². The van der Waals surface area contributed by atoms with E-state index in [0.29, 0.717) is 5.69 Å². The van der Waals surface area contributed by atoms with Gasteiger partial charge >= 0.3 is 5.97 Å². The number of benzene rings is 1. The number of carbonyl (C=O) groups excluding carboxylic acids is 1. The van der Waals surface area contributed by atoms with Gasteiger partial charge in [-0.2, -0.15) is 0 Å². The highest BCUT2D eigenvalue weighted by atomic mass is 79.9. The molecular formula is C13H13Br2NO3. The Balaban J connectivity index is 2.18. The van der Waals surface area contributed by atoms with Crippen LogP contribution in [0, 0.1) is 17.3 Å². The smallest absolute Gasteiger partial charge is 0.307 e. The monoisotopic (exact) mass is 389 g/mol. The number of amides is 1. The first-order chi connectivity index (χ1) is 8.76. The van der Waals surface area contributed by atoms with Crippen molar-refractivity contribution in [3.63, 3.8) is 0 Å². The molecule has 0 bridgehead atoms. The van der Waals surface area contributed by atoms with Crippen LogP contribution in [0.4, 0.5) is 5.69 Å². The Labute approximate surface area is 127 Å². The zero-order valence-corrected chi connectivity index (χ0v) is 13.6. The normalized spacial score (nSPS) is 23.8. The SMILES string of the molecule is CC1(C)[C@H](C(=O)O)[C@@H]1C(=O)Nc1c(Br)cccc1Br. The summed E-state index contributed by atoms with van der Waals surface area (Å²) < 4.78 is 1.50. The molecule has 1 aliphatic rings. The minimum atomic E-state index is -0.920. The Morgan fingerprint density at radius 2 is 1.74 bits per heavy atom. The van der Waals surface area contributed by atoms with Crippen molar-refractivity contribution in [1.29, 1.82) is 0 Å². The second kappa shape index (κ2) is 4.90. The van der Waals surface area contributed by atoms with Crippen molar-refractivity contribution in [2.45, 2.75) is 13.8 Å². The maximum Gasteiger partial charge on any atom is 0.307 e. The summed E-state index contributed by atoms with van der Waals surface area (Å²) in [5, 5.41) is 11.9. The molecule has 0 radical (unpaired) electrons. The van der Waals surface area contributed by atoms with Crippen LogP contribution >= 0.6 is 31.9 Å². The van der Waals surface area contributed by atoms with Crippen LogP contribution in [0.25, 0.3) is 0 Å². The van der Waals surface area contributed by atoms with Crippen molar-refractivity contribution in [3.05, 3.63) is 27.1 Å². The number of rotatable bonds is 3. The van der Waals surface area contributed by atoms with Crippen LogP contribution in [0.15, 0.2) is 27.1 Å². The van der Waals surface area contributed by atoms with Crippen molar-refractivity contribution in [2.24, 2.45) is 17.3 Å². The summed E-state index contributed by atoms with van der Waals surface area (Å²) in [7, 11) is 0. The number of nitrogens with one attached hydrogen (secondary N) is 1. The summed E-state index contributed by atoms with van der Waals surface area (Å²) in [5.74, 6) is -2.29. The number of hydrogen-bond donors (Lipinski definition) is 2. The second-order valence-electron chi connectivity index (χ2n) is 5.20. The van der Waals surface area contributed by atoms with E-state index in [0.717, 1.165) is 8.95 Å². The average Bonchev–Trinajstić information content (AvgIpc) is 2.87. The summed E-state index contributed by atoms with van der Waals surface area (Å²) >= 11 is 6.71. The van der Waals surface area contributed by atoms with Crippen LogP contribution in [0.1, 0.15) is 13.8 Å². The zero-order chi connectivity index (χ0) is 14.4. The molecule has 1 aliphatic carbocycles. The number of anilines is 1. The Bertz CT molecular complexity index is 537. The van der Waals surface area contributed by atoms with Gasteiger partial charge in [0.05, 0.1) is 17.5 Å². The van der Waals surface area contributed by atoms with Crippen molar-refractivity contribution < 1.29 is 14.7 Å². The molecule has 0 saturated heterocycles. The van der Waals surface area contributed by atoms with Crippen LogP contribution in [-0.4, -0.2) is 17.0 Å². The Morgan fingerprint density at radius 1 is 1.21 bits per heavy atom. The molecule has 102 valence electrons. The molecule has 0 spiro atoms. The first-order valence-electron chi connectivity index (χ1n) is 5.74. The number of halogens is 2. The lowest BCUT2D eigenvalue weighted by molar-refractivity contribution is -0.140. The van der Waals surface area contributed by atoms with Gasteiger partial charge in [-0.25, -0.2) is 0 Å². The Morgan fingerprint density at radius 3 is 2.16 bits per heavy atom. The van der Waals surface area contributed by atoms with E-state index < -0.39 is 23.2 Å². The fourth-order valence-corrected chi connectivity index (χ4v) is 3.60. The highest BCUT2D eigenvalue weighted by molar-refractivity contribution is 9.11. The predicted octanol–water partition coefficient (Wildman–Crippen LogP) is 3.51. The van der Waals surface area contributed by atoms with Gasteiger partial charge in [0.1, 0.15) is 0 Å². The molecule has 6 heteroatoms. The minimum Gasteiger partial charge on any atom is -0.481 e. The Hall–Kier alpha value is -0.880. The molecular weight excluding hydrogens is 378 g/mol. The van der Waals surface area contributed by atoms with Gasteiger partial charge in [0.15, 0.2) is 0 Å². The lowest BCUT2D eigenvalue weighted by Gasteiger charge is -2.10. The number of carboxylic acid groups (broad SMARTS) is 1. The molecule has 0 aromatic heterocycles. The van der Waals surface area contributed by atoms with Gasteiger partial charge in [-0.3, -0.25) is 9.59 Å². The fourth-order valence-electron chi connectivity index (χ4n) is 2.41. The predicted molar refractivity (Wildman–Crippen MR) is 78.9 cm³/mol. The van der Waals surface area contributed by atoms with E-state index in [2.05, 4.69) is 37.2 Å². The lowest BCUT2D eigenvalue weighted by Crippen LogP contribution is -2.18. The van der Waals surface area contributed by atoms with Crippen molar-refractivity contribution in [3.8, 4) is 0 Å². The van der Waals surface area contributed by atoms with Crippen LogP contribution < -0.4 is 5.32 Å². The van der Waals surface area contributed by atoms with Gasteiger partial charge in [-0.15, -0.1) is 0 Å². The van der Waals surface area contributed by atoms with E-state index in [1.54, 1.807) is 13.8 Å². The van der Waals surface area contributed by atoms with Crippen LogP contribution in [0.5, 0.6) is 0 Å². The number of carboxylic acids is 1. The van der Waals surface area contributed by atoms with Gasteiger partial charge in [-0.05, 0) is 49.4 Å². The molecule has 1 aromatic rings. The molecule has 0 heterocycles. The van der Waals surface area contributed by atoms with E-state index in [-0.39, 0.29) is 5.91 Å². The minimum absolute atomic E-state index is 0.259. The number of aliphatic carboxylic acids is 1. The molecule has 1 amide bonds. The number of para-hydroxylation sites is 1. The van der Waals surface area contributed by atoms with E-state index in [4.69, 9.17) is 5.11 Å². The van der Waals surface area contributed by atoms with Gasteiger partial charge in [-0.1, -0.05) is 19.9 Å². The second-order valence-corrected chi connectivity index (χ2v) is 6.91. The molecule has 0 aliphatic heterocycles. The first-order valence-corrected chi connectivity index (χ1v) is 7.33. The molecule has 1 fully saturated rings. The molecule has 4 nitrogen and oxygen atoms in total. The average molecular weight is 391 g/mol. The summed E-state index contributed by atoms with van der Waals surface area (Å²) in [6.07, 6.45) is 0. The Kier molecular flexibility index (Phi) is 3.75. The van der Waals surface area contributed by atoms with Crippen molar-refractivity contribution in [1.82, 2.24) is 0 Å². The fraction of sp³-hybridized carbons (Fsp3) is 0.385. The maximum atomic E-state index is 12.2. The zero-order valence-electron chi connectivity index (χ0n) is 10.4. The largest absolute Gasteiger partial charge is 0.481 e. The van der Waals surface area contributed by atoms with Crippen molar-refractivity contribution in [2.75, 3.05) is 5.32 Å². The van der Waals surface area contributed by atoms with Crippen molar-refractivity contribution >= 4 is 49.4 Å². The highest BCUT2D eigenvalue weighted by Gasteiger charge is 2.65. The topological polar surface area (TPSA) is 66.4 Å². The summed E-state index contributed by atoms with van der Waals surface area (Å²) in [6.45, 7) is 3.59. The molecule has 0 unspecified atom stereocenters. The molecule has 2 atom stereocenters. The molecule has 2 N–H and O–H groups in total. The van der Waals surface area contributed by atoms with Gasteiger partial charge in [0.25, 0.3) is 0 Å². The molecule has 2 rings (SSSR count). The van der Waals surface area contributed by atoms with E-state index in [1.165, 1.54) is 0 Å². The maximum absolute atomic E-state index is 12.2. The molecule has 19 heavy (non-hydrogen) atoms. The first kappa shape index (κ1) is 14.5. The quantitative estimate of drug-likeness (QED) is 0.829. The number of carbonyl (C=O) groups is 2. The number of hydrogen-bond acceptors (Lipinski definition) is 2. The van der Waals surface area contributed by atoms with Gasteiger partial charge in [0, 0.05) is 8.95 Å². The van der Waals surface area contributed by atoms with E-state index in [9.17, 15) is 9.59 Å². The summed E-state index contributed by atoms with van der Waals surface area (Å²) in [6, 6.07) is 5.46.